The standard InChI is InChI=1S/C12H17ClO2/c1-4-5-10(13)9-6-7-11(14-2)12(8-9)15-3/h6-8,10H,4-5H2,1-3H3. The molecule has 3 heteroatoms. The lowest BCUT2D eigenvalue weighted by Gasteiger charge is -2.12. The summed E-state index contributed by atoms with van der Waals surface area (Å²) in [5.41, 5.74) is 1.08. The zero-order chi connectivity index (χ0) is 11.3. The van der Waals surface area contributed by atoms with Crippen molar-refractivity contribution in [2.75, 3.05) is 14.2 Å². The second kappa shape index (κ2) is 5.86. The van der Waals surface area contributed by atoms with Gasteiger partial charge in [0, 0.05) is 0 Å². The van der Waals surface area contributed by atoms with Gasteiger partial charge >= 0.3 is 0 Å². The van der Waals surface area contributed by atoms with Crippen molar-refractivity contribution in [3.63, 3.8) is 0 Å². The summed E-state index contributed by atoms with van der Waals surface area (Å²) in [6.07, 6.45) is 2.04. The van der Waals surface area contributed by atoms with Crippen LogP contribution >= 0.6 is 11.6 Å². The fourth-order valence-corrected chi connectivity index (χ4v) is 1.82. The Morgan fingerprint density at radius 1 is 1.20 bits per heavy atom. The molecule has 0 fully saturated rings. The van der Waals surface area contributed by atoms with Crippen LogP contribution in [0, 0.1) is 0 Å². The summed E-state index contributed by atoms with van der Waals surface area (Å²) in [5.74, 6) is 1.47. The summed E-state index contributed by atoms with van der Waals surface area (Å²) in [7, 11) is 3.26. The van der Waals surface area contributed by atoms with Gasteiger partial charge < -0.3 is 9.47 Å². The highest BCUT2D eigenvalue weighted by Crippen LogP contribution is 2.33. The third kappa shape index (κ3) is 3.03. The molecule has 0 radical (unpaired) electrons. The lowest BCUT2D eigenvalue weighted by atomic mass is 10.1. The van der Waals surface area contributed by atoms with E-state index < -0.39 is 0 Å². The minimum absolute atomic E-state index is 0.0507. The van der Waals surface area contributed by atoms with Gasteiger partial charge in [0.15, 0.2) is 11.5 Å². The van der Waals surface area contributed by atoms with Gasteiger partial charge in [-0.3, -0.25) is 0 Å². The van der Waals surface area contributed by atoms with E-state index in [-0.39, 0.29) is 5.38 Å². The van der Waals surface area contributed by atoms with Crippen LogP contribution in [-0.4, -0.2) is 14.2 Å². The molecule has 1 aromatic rings. The molecule has 1 atom stereocenters. The monoisotopic (exact) mass is 228 g/mol. The van der Waals surface area contributed by atoms with Crippen molar-refractivity contribution < 1.29 is 9.47 Å². The number of hydrogen-bond acceptors (Lipinski definition) is 2. The predicted molar refractivity (Wildman–Crippen MR) is 63.0 cm³/mol. The highest BCUT2D eigenvalue weighted by Gasteiger charge is 2.10. The van der Waals surface area contributed by atoms with Crippen LogP contribution < -0.4 is 9.47 Å². The molecule has 0 saturated heterocycles. The Balaban J connectivity index is 2.92. The van der Waals surface area contributed by atoms with Crippen LogP contribution in [-0.2, 0) is 0 Å². The molecular weight excluding hydrogens is 212 g/mol. The molecule has 1 unspecified atom stereocenters. The van der Waals surface area contributed by atoms with Crippen molar-refractivity contribution in [3.05, 3.63) is 23.8 Å². The van der Waals surface area contributed by atoms with Crippen molar-refractivity contribution in [1.29, 1.82) is 0 Å². The van der Waals surface area contributed by atoms with Crippen LogP contribution in [0.2, 0.25) is 0 Å². The van der Waals surface area contributed by atoms with Crippen LogP contribution in [0.5, 0.6) is 11.5 Å². The maximum Gasteiger partial charge on any atom is 0.161 e. The summed E-state index contributed by atoms with van der Waals surface area (Å²) < 4.78 is 10.4. The Morgan fingerprint density at radius 3 is 2.40 bits per heavy atom. The SMILES string of the molecule is CCCC(Cl)c1ccc(OC)c(OC)c1. The van der Waals surface area contributed by atoms with E-state index in [0.29, 0.717) is 0 Å². The Kier molecular flexibility index (Phi) is 4.76. The van der Waals surface area contributed by atoms with Gasteiger partial charge in [-0.25, -0.2) is 0 Å². The second-order valence-corrected chi connectivity index (χ2v) is 3.90. The summed E-state index contributed by atoms with van der Waals surface area (Å²) in [4.78, 5) is 0. The molecule has 0 bridgehead atoms. The molecule has 15 heavy (non-hydrogen) atoms. The van der Waals surface area contributed by atoms with Crippen molar-refractivity contribution in [3.8, 4) is 11.5 Å². The normalized spacial score (nSPS) is 12.3. The van der Waals surface area contributed by atoms with Crippen LogP contribution in [0.15, 0.2) is 18.2 Å². The average molecular weight is 229 g/mol. The van der Waals surface area contributed by atoms with Crippen molar-refractivity contribution in [2.45, 2.75) is 25.1 Å². The van der Waals surface area contributed by atoms with Gasteiger partial charge in [0.2, 0.25) is 0 Å². The lowest BCUT2D eigenvalue weighted by Crippen LogP contribution is -1.94. The molecule has 0 aromatic heterocycles. The molecule has 0 amide bonds. The van der Waals surface area contributed by atoms with E-state index in [1.54, 1.807) is 14.2 Å². The van der Waals surface area contributed by atoms with Gasteiger partial charge in [0.1, 0.15) is 0 Å². The minimum atomic E-state index is 0.0507. The molecule has 1 aromatic carbocycles. The molecule has 0 heterocycles. The first-order chi connectivity index (χ1) is 7.22. The Bertz CT molecular complexity index is 312. The number of ether oxygens (including phenoxy) is 2. The molecule has 0 aliphatic heterocycles. The molecule has 1 rings (SSSR count). The number of halogens is 1. The van der Waals surface area contributed by atoms with E-state index in [0.717, 1.165) is 29.9 Å². The second-order valence-electron chi connectivity index (χ2n) is 3.37. The quantitative estimate of drug-likeness (QED) is 0.714. The molecule has 2 nitrogen and oxygen atoms in total. The number of benzene rings is 1. The van der Waals surface area contributed by atoms with Crippen molar-refractivity contribution in [2.24, 2.45) is 0 Å². The van der Waals surface area contributed by atoms with E-state index in [9.17, 15) is 0 Å². The summed E-state index contributed by atoms with van der Waals surface area (Å²) in [5, 5.41) is 0.0507. The van der Waals surface area contributed by atoms with Crippen LogP contribution in [0.3, 0.4) is 0 Å². The molecule has 0 spiro atoms. The van der Waals surface area contributed by atoms with Crippen LogP contribution in [0.25, 0.3) is 0 Å². The Labute approximate surface area is 96.2 Å². The number of methoxy groups -OCH3 is 2. The molecule has 0 aliphatic rings. The first-order valence-electron chi connectivity index (χ1n) is 5.09. The van der Waals surface area contributed by atoms with E-state index in [4.69, 9.17) is 21.1 Å². The molecular formula is C12H17ClO2. The Morgan fingerprint density at radius 2 is 1.87 bits per heavy atom. The zero-order valence-electron chi connectivity index (χ0n) is 9.42. The van der Waals surface area contributed by atoms with Gasteiger partial charge in [0.05, 0.1) is 19.6 Å². The molecule has 84 valence electrons. The summed E-state index contributed by atoms with van der Waals surface area (Å²) >= 11 is 6.23. The lowest BCUT2D eigenvalue weighted by molar-refractivity contribution is 0.354. The van der Waals surface area contributed by atoms with E-state index in [2.05, 4.69) is 6.92 Å². The van der Waals surface area contributed by atoms with Crippen LogP contribution in [0.4, 0.5) is 0 Å². The maximum atomic E-state index is 6.23. The molecule has 0 N–H and O–H groups in total. The fourth-order valence-electron chi connectivity index (χ4n) is 1.47. The van der Waals surface area contributed by atoms with Gasteiger partial charge in [-0.1, -0.05) is 19.4 Å². The third-order valence-electron chi connectivity index (χ3n) is 2.31. The summed E-state index contributed by atoms with van der Waals surface area (Å²) in [6, 6.07) is 5.81. The number of rotatable bonds is 5. The predicted octanol–water partition coefficient (Wildman–Crippen LogP) is 3.78. The topological polar surface area (TPSA) is 18.5 Å². The maximum absolute atomic E-state index is 6.23. The highest BCUT2D eigenvalue weighted by molar-refractivity contribution is 6.20. The first kappa shape index (κ1) is 12.2. The largest absolute Gasteiger partial charge is 0.493 e. The fraction of sp³-hybridized carbons (Fsp3) is 0.500. The third-order valence-corrected chi connectivity index (χ3v) is 2.78. The molecule has 0 aliphatic carbocycles. The van der Waals surface area contributed by atoms with E-state index in [1.165, 1.54) is 0 Å². The van der Waals surface area contributed by atoms with Crippen LogP contribution in [0.1, 0.15) is 30.7 Å². The summed E-state index contributed by atoms with van der Waals surface area (Å²) in [6.45, 7) is 2.12. The highest BCUT2D eigenvalue weighted by atomic mass is 35.5. The smallest absolute Gasteiger partial charge is 0.161 e. The average Bonchev–Trinajstić information content (AvgIpc) is 2.28. The molecule has 0 saturated carbocycles. The number of hydrogen-bond donors (Lipinski definition) is 0. The first-order valence-corrected chi connectivity index (χ1v) is 5.52. The zero-order valence-corrected chi connectivity index (χ0v) is 10.2. The van der Waals surface area contributed by atoms with Gasteiger partial charge in [-0.15, -0.1) is 11.6 Å². The van der Waals surface area contributed by atoms with Gasteiger partial charge in [0.25, 0.3) is 0 Å². The number of alkyl halides is 1. The van der Waals surface area contributed by atoms with E-state index >= 15 is 0 Å². The Hall–Kier alpha value is -0.890. The van der Waals surface area contributed by atoms with Gasteiger partial charge in [-0.05, 0) is 24.1 Å². The van der Waals surface area contributed by atoms with Gasteiger partial charge in [-0.2, -0.15) is 0 Å². The van der Waals surface area contributed by atoms with Crippen molar-refractivity contribution in [1.82, 2.24) is 0 Å². The van der Waals surface area contributed by atoms with Crippen molar-refractivity contribution >= 4 is 11.6 Å². The minimum Gasteiger partial charge on any atom is -0.493 e. The van der Waals surface area contributed by atoms with E-state index in [1.807, 2.05) is 18.2 Å².